The summed E-state index contributed by atoms with van der Waals surface area (Å²) in [5, 5.41) is 3.82. The number of halogens is 2. The fraction of sp³-hybridized carbons (Fsp3) is 0.130. The minimum Gasteiger partial charge on any atom is -0.478 e. The van der Waals surface area contributed by atoms with Gasteiger partial charge in [-0.2, -0.15) is 0 Å². The molecule has 3 aromatic carbocycles. The van der Waals surface area contributed by atoms with E-state index in [-0.39, 0.29) is 5.91 Å². The van der Waals surface area contributed by atoms with Gasteiger partial charge in [0.2, 0.25) is 5.89 Å². The van der Waals surface area contributed by atoms with Gasteiger partial charge in [0.1, 0.15) is 11.3 Å². The van der Waals surface area contributed by atoms with Gasteiger partial charge in [-0.3, -0.25) is 4.79 Å². The first-order valence-electron chi connectivity index (χ1n) is 9.23. The Labute approximate surface area is 183 Å². The topological polar surface area (TPSA) is 64.4 Å². The molecule has 7 heteroatoms. The van der Waals surface area contributed by atoms with Crippen molar-refractivity contribution in [2.45, 2.75) is 19.4 Å². The molecule has 0 saturated heterocycles. The minimum absolute atomic E-state index is 0.353. The number of hydrogen-bond acceptors (Lipinski definition) is 4. The maximum absolute atomic E-state index is 12.9. The molecule has 1 N–H and O–H groups in total. The van der Waals surface area contributed by atoms with Gasteiger partial charge in [-0.1, -0.05) is 35.3 Å². The molecule has 0 radical (unpaired) electrons. The van der Waals surface area contributed by atoms with Crippen LogP contribution in [0.5, 0.6) is 5.75 Å². The van der Waals surface area contributed by atoms with Gasteiger partial charge < -0.3 is 14.5 Å². The zero-order valence-corrected chi connectivity index (χ0v) is 17.8. The first-order chi connectivity index (χ1) is 14.3. The van der Waals surface area contributed by atoms with Crippen LogP contribution in [-0.4, -0.2) is 16.5 Å². The van der Waals surface area contributed by atoms with Crippen molar-refractivity contribution >= 4 is 45.9 Å². The summed E-state index contributed by atoms with van der Waals surface area (Å²) in [6.07, 6.45) is 0. The van der Waals surface area contributed by atoms with E-state index in [4.69, 9.17) is 32.4 Å². The number of hydrogen-bond donors (Lipinski definition) is 1. The summed E-state index contributed by atoms with van der Waals surface area (Å²) >= 11 is 12.2. The summed E-state index contributed by atoms with van der Waals surface area (Å²) < 4.78 is 11.6. The van der Waals surface area contributed by atoms with Crippen LogP contribution in [0.3, 0.4) is 0 Å². The van der Waals surface area contributed by atoms with Crippen molar-refractivity contribution in [3.63, 3.8) is 0 Å². The SMILES string of the molecule is CC(C)(Oc1ccc(Cl)cc1)C(=O)Nc1cc(-c2nc3ccccc3o2)ccc1Cl. The summed E-state index contributed by atoms with van der Waals surface area (Å²) in [5.74, 6) is 0.625. The van der Waals surface area contributed by atoms with Gasteiger partial charge in [0, 0.05) is 10.6 Å². The van der Waals surface area contributed by atoms with Crippen LogP contribution in [0.2, 0.25) is 10.0 Å². The lowest BCUT2D eigenvalue weighted by molar-refractivity contribution is -0.128. The Kier molecular flexibility index (Phi) is 5.41. The lowest BCUT2D eigenvalue weighted by Gasteiger charge is -2.25. The number of oxazole rings is 1. The number of fused-ring (bicyclic) bond motifs is 1. The zero-order chi connectivity index (χ0) is 21.3. The predicted octanol–water partition coefficient (Wildman–Crippen LogP) is 6.60. The molecule has 1 heterocycles. The number of carbonyl (C=O) groups excluding carboxylic acids is 1. The van der Waals surface area contributed by atoms with Crippen LogP contribution in [0.25, 0.3) is 22.6 Å². The Morgan fingerprint density at radius 2 is 1.77 bits per heavy atom. The number of aromatic nitrogens is 1. The molecule has 0 saturated carbocycles. The quantitative estimate of drug-likeness (QED) is 0.379. The molecule has 0 unspecified atom stereocenters. The standard InChI is InChI=1S/C23H18Cl2N2O3/c1-23(2,30-16-10-8-15(24)9-11-16)22(28)27-19-13-14(7-12-17(19)25)21-26-18-5-3-4-6-20(18)29-21/h3-13H,1-2H3,(H,27,28). The summed E-state index contributed by atoms with van der Waals surface area (Å²) in [7, 11) is 0. The molecule has 0 fully saturated rings. The molecule has 0 bridgehead atoms. The number of nitrogens with zero attached hydrogens (tertiary/aromatic N) is 1. The van der Waals surface area contributed by atoms with Crippen LogP contribution < -0.4 is 10.1 Å². The predicted molar refractivity (Wildman–Crippen MR) is 119 cm³/mol. The van der Waals surface area contributed by atoms with Crippen molar-refractivity contribution in [1.29, 1.82) is 0 Å². The molecule has 152 valence electrons. The van der Waals surface area contributed by atoms with Crippen molar-refractivity contribution in [2.24, 2.45) is 0 Å². The highest BCUT2D eigenvalue weighted by Crippen LogP contribution is 2.31. The number of anilines is 1. The number of nitrogens with one attached hydrogen (secondary N) is 1. The van der Waals surface area contributed by atoms with Crippen LogP contribution in [-0.2, 0) is 4.79 Å². The average Bonchev–Trinajstić information content (AvgIpc) is 3.15. The Morgan fingerprint density at radius 3 is 2.50 bits per heavy atom. The molecule has 0 spiro atoms. The molecular weight excluding hydrogens is 423 g/mol. The molecular formula is C23H18Cl2N2O3. The highest BCUT2D eigenvalue weighted by Gasteiger charge is 2.30. The summed E-state index contributed by atoms with van der Waals surface area (Å²) in [6.45, 7) is 3.35. The molecule has 1 amide bonds. The summed E-state index contributed by atoms with van der Waals surface area (Å²) in [4.78, 5) is 17.4. The molecule has 4 aromatic rings. The highest BCUT2D eigenvalue weighted by molar-refractivity contribution is 6.34. The van der Waals surface area contributed by atoms with Crippen molar-refractivity contribution < 1.29 is 13.9 Å². The van der Waals surface area contributed by atoms with Gasteiger partial charge in [-0.25, -0.2) is 4.98 Å². The second-order valence-electron chi connectivity index (χ2n) is 7.20. The van der Waals surface area contributed by atoms with E-state index >= 15 is 0 Å². The summed E-state index contributed by atoms with van der Waals surface area (Å²) in [6, 6.07) is 19.5. The van der Waals surface area contributed by atoms with Gasteiger partial charge >= 0.3 is 0 Å². The molecule has 1 aromatic heterocycles. The molecule has 0 aliphatic heterocycles. The van der Waals surface area contributed by atoms with Crippen molar-refractivity contribution in [3.8, 4) is 17.2 Å². The molecule has 4 rings (SSSR count). The minimum atomic E-state index is -1.15. The normalized spacial score (nSPS) is 11.5. The third-order valence-corrected chi connectivity index (χ3v) is 5.07. The van der Waals surface area contributed by atoms with E-state index < -0.39 is 5.60 Å². The Bertz CT molecular complexity index is 1180. The largest absolute Gasteiger partial charge is 0.478 e. The first kappa shape index (κ1) is 20.3. The van der Waals surface area contributed by atoms with Gasteiger partial charge in [0.15, 0.2) is 11.2 Å². The Morgan fingerprint density at radius 1 is 1.03 bits per heavy atom. The fourth-order valence-electron chi connectivity index (χ4n) is 2.87. The van der Waals surface area contributed by atoms with E-state index in [1.54, 1.807) is 56.3 Å². The van der Waals surface area contributed by atoms with Crippen LogP contribution >= 0.6 is 23.2 Å². The van der Waals surface area contributed by atoms with E-state index in [9.17, 15) is 4.79 Å². The monoisotopic (exact) mass is 440 g/mol. The van der Waals surface area contributed by atoms with E-state index in [2.05, 4.69) is 10.3 Å². The zero-order valence-electron chi connectivity index (χ0n) is 16.3. The Hall–Kier alpha value is -3.02. The van der Waals surface area contributed by atoms with Gasteiger partial charge in [-0.05, 0) is 68.4 Å². The third-order valence-electron chi connectivity index (χ3n) is 4.49. The van der Waals surface area contributed by atoms with E-state index in [0.717, 1.165) is 5.52 Å². The highest BCUT2D eigenvalue weighted by atomic mass is 35.5. The van der Waals surface area contributed by atoms with Crippen molar-refractivity contribution in [1.82, 2.24) is 4.98 Å². The number of para-hydroxylation sites is 2. The maximum atomic E-state index is 12.9. The van der Waals surface area contributed by atoms with Crippen molar-refractivity contribution in [2.75, 3.05) is 5.32 Å². The van der Waals surface area contributed by atoms with Crippen LogP contribution in [0.4, 0.5) is 5.69 Å². The number of ether oxygens (including phenoxy) is 1. The Balaban J connectivity index is 1.56. The first-order valence-corrected chi connectivity index (χ1v) is 9.99. The number of rotatable bonds is 5. The smallest absolute Gasteiger partial charge is 0.268 e. The van der Waals surface area contributed by atoms with Gasteiger partial charge in [-0.15, -0.1) is 0 Å². The van der Waals surface area contributed by atoms with Crippen LogP contribution in [0.1, 0.15) is 13.8 Å². The van der Waals surface area contributed by atoms with E-state index in [1.807, 2.05) is 24.3 Å². The van der Waals surface area contributed by atoms with E-state index in [1.165, 1.54) is 0 Å². The number of benzene rings is 3. The fourth-order valence-corrected chi connectivity index (χ4v) is 3.16. The lowest BCUT2D eigenvalue weighted by Crippen LogP contribution is -2.42. The van der Waals surface area contributed by atoms with Gasteiger partial charge in [0.05, 0.1) is 10.7 Å². The molecule has 0 aliphatic rings. The number of amides is 1. The lowest BCUT2D eigenvalue weighted by atomic mass is 10.1. The average molecular weight is 441 g/mol. The molecule has 0 aliphatic carbocycles. The molecule has 30 heavy (non-hydrogen) atoms. The second-order valence-corrected chi connectivity index (χ2v) is 8.05. The van der Waals surface area contributed by atoms with Crippen LogP contribution in [0, 0.1) is 0 Å². The maximum Gasteiger partial charge on any atom is 0.268 e. The van der Waals surface area contributed by atoms with Crippen LogP contribution in [0.15, 0.2) is 71.1 Å². The molecule has 0 atom stereocenters. The molecule has 5 nitrogen and oxygen atoms in total. The summed E-state index contributed by atoms with van der Waals surface area (Å²) in [5.41, 5.74) is 1.43. The third kappa shape index (κ3) is 4.27. The van der Waals surface area contributed by atoms with Crippen molar-refractivity contribution in [3.05, 3.63) is 76.8 Å². The number of carbonyl (C=O) groups is 1. The second kappa shape index (κ2) is 8.01. The van der Waals surface area contributed by atoms with Gasteiger partial charge in [0.25, 0.3) is 5.91 Å². The van der Waals surface area contributed by atoms with E-state index in [0.29, 0.717) is 38.5 Å².